The van der Waals surface area contributed by atoms with Crippen LogP contribution in [0.5, 0.6) is 0 Å². The molecule has 2 aliphatic heterocycles. The smallest absolute Gasteiger partial charge is 0.310 e. The maximum atomic E-state index is 12.7. The number of carboxylic acids is 1. The van der Waals surface area contributed by atoms with Gasteiger partial charge in [0.15, 0.2) is 0 Å². The molecule has 33 heavy (non-hydrogen) atoms. The summed E-state index contributed by atoms with van der Waals surface area (Å²) in [6.45, 7) is 3.57. The van der Waals surface area contributed by atoms with Crippen molar-refractivity contribution in [2.75, 3.05) is 5.32 Å². The second-order valence-electron chi connectivity index (χ2n) is 8.31. The number of fused-ring (bicyclic) bond motifs is 2. The highest BCUT2D eigenvalue weighted by molar-refractivity contribution is 6.04. The van der Waals surface area contributed by atoms with E-state index in [4.69, 9.17) is 4.74 Å². The fraction of sp³-hybridized carbons (Fsp3) is 0.250. The van der Waals surface area contributed by atoms with Crippen LogP contribution >= 0.6 is 0 Å². The number of hydrogen-bond acceptors (Lipinski definition) is 5. The Morgan fingerprint density at radius 2 is 1.52 bits per heavy atom. The first-order valence-electron chi connectivity index (χ1n) is 10.4. The third-order valence-corrected chi connectivity index (χ3v) is 5.92. The van der Waals surface area contributed by atoms with Crippen LogP contribution in [0.15, 0.2) is 60.7 Å². The summed E-state index contributed by atoms with van der Waals surface area (Å²) in [5, 5.41) is 12.2. The van der Waals surface area contributed by atoms with Crippen molar-refractivity contribution in [2.24, 2.45) is 11.8 Å². The van der Waals surface area contributed by atoms with Gasteiger partial charge in [0.25, 0.3) is 11.8 Å². The number of carbonyl (C=O) groups excluding carboxylic acids is 3. The number of nitrogens with one attached hydrogen (secondary N) is 3. The van der Waals surface area contributed by atoms with Crippen LogP contribution in [0.25, 0.3) is 0 Å². The summed E-state index contributed by atoms with van der Waals surface area (Å²) in [5.74, 6) is -4.66. The highest BCUT2D eigenvalue weighted by atomic mass is 16.5. The maximum Gasteiger partial charge on any atom is 0.310 e. The molecule has 0 aromatic heterocycles. The molecule has 3 amide bonds. The Labute approximate surface area is 189 Å². The van der Waals surface area contributed by atoms with Crippen molar-refractivity contribution in [1.29, 1.82) is 0 Å². The molecular weight excluding hydrogens is 426 g/mol. The maximum absolute atomic E-state index is 12.7. The SMILES string of the molecule is Cc1ccc(C(=O)Nc2ccc(C(=O)NNC(=O)[C@H]3[C@@H](C(=O)O)[C@H]4C=C[C@@]3(C)O4)cc2)cc1. The van der Waals surface area contributed by atoms with Gasteiger partial charge >= 0.3 is 5.97 Å². The summed E-state index contributed by atoms with van der Waals surface area (Å²) in [6.07, 6.45) is 2.63. The Hall–Kier alpha value is -3.98. The van der Waals surface area contributed by atoms with Crippen LogP contribution in [0.4, 0.5) is 5.69 Å². The highest BCUT2D eigenvalue weighted by Gasteiger charge is 2.59. The highest BCUT2D eigenvalue weighted by Crippen LogP contribution is 2.46. The van der Waals surface area contributed by atoms with Crippen molar-refractivity contribution in [2.45, 2.75) is 25.6 Å². The minimum Gasteiger partial charge on any atom is -0.481 e. The monoisotopic (exact) mass is 449 g/mol. The molecule has 9 nitrogen and oxygen atoms in total. The molecular formula is C24H23N3O6. The van der Waals surface area contributed by atoms with E-state index in [0.717, 1.165) is 5.56 Å². The molecule has 170 valence electrons. The number of aliphatic carboxylic acids is 1. The van der Waals surface area contributed by atoms with Crippen molar-refractivity contribution in [3.8, 4) is 0 Å². The van der Waals surface area contributed by atoms with Crippen LogP contribution < -0.4 is 16.2 Å². The van der Waals surface area contributed by atoms with E-state index in [9.17, 15) is 24.3 Å². The third-order valence-electron chi connectivity index (χ3n) is 5.92. The predicted octanol–water partition coefficient (Wildman–Crippen LogP) is 2.05. The lowest BCUT2D eigenvalue weighted by Crippen LogP contribution is -2.52. The number of hydrazine groups is 1. The summed E-state index contributed by atoms with van der Waals surface area (Å²) in [4.78, 5) is 49.0. The fourth-order valence-corrected chi connectivity index (χ4v) is 4.16. The van der Waals surface area contributed by atoms with Crippen LogP contribution in [-0.2, 0) is 14.3 Å². The summed E-state index contributed by atoms with van der Waals surface area (Å²) in [7, 11) is 0. The molecule has 2 aromatic rings. The van der Waals surface area contributed by atoms with Gasteiger partial charge in [-0.2, -0.15) is 0 Å². The molecule has 2 aromatic carbocycles. The quantitative estimate of drug-likeness (QED) is 0.408. The number of anilines is 1. The molecule has 0 aliphatic carbocycles. The van der Waals surface area contributed by atoms with E-state index in [1.54, 1.807) is 43.3 Å². The van der Waals surface area contributed by atoms with Crippen molar-refractivity contribution in [3.05, 3.63) is 77.4 Å². The summed E-state index contributed by atoms with van der Waals surface area (Å²) in [6, 6.07) is 13.3. The Kier molecular flexibility index (Phi) is 5.73. The largest absolute Gasteiger partial charge is 0.481 e. The first kappa shape index (κ1) is 22.2. The van der Waals surface area contributed by atoms with E-state index >= 15 is 0 Å². The van der Waals surface area contributed by atoms with Gasteiger partial charge in [0, 0.05) is 16.8 Å². The van der Waals surface area contributed by atoms with Crippen molar-refractivity contribution in [3.63, 3.8) is 0 Å². The topological polar surface area (TPSA) is 134 Å². The number of ether oxygens (including phenoxy) is 1. The van der Waals surface area contributed by atoms with Gasteiger partial charge in [0.1, 0.15) is 5.92 Å². The van der Waals surface area contributed by atoms with Gasteiger partial charge in [-0.25, -0.2) is 0 Å². The van der Waals surface area contributed by atoms with Crippen molar-refractivity contribution < 1.29 is 29.0 Å². The van der Waals surface area contributed by atoms with E-state index in [1.165, 1.54) is 12.1 Å². The van der Waals surface area contributed by atoms with E-state index in [-0.39, 0.29) is 11.5 Å². The Bertz CT molecular complexity index is 1140. The lowest BCUT2D eigenvalue weighted by molar-refractivity contribution is -0.147. The zero-order chi connectivity index (χ0) is 23.8. The second kappa shape index (κ2) is 8.51. The Balaban J connectivity index is 1.35. The molecule has 0 spiro atoms. The van der Waals surface area contributed by atoms with Gasteiger partial charge in [0.05, 0.1) is 17.6 Å². The van der Waals surface area contributed by atoms with Gasteiger partial charge in [-0.05, 0) is 50.2 Å². The van der Waals surface area contributed by atoms with Crippen LogP contribution in [0.1, 0.15) is 33.2 Å². The summed E-state index contributed by atoms with van der Waals surface area (Å²) >= 11 is 0. The zero-order valence-corrected chi connectivity index (χ0v) is 18.0. The molecule has 4 rings (SSSR count). The predicted molar refractivity (Wildman–Crippen MR) is 118 cm³/mol. The molecule has 0 radical (unpaired) electrons. The number of carbonyl (C=O) groups is 4. The summed E-state index contributed by atoms with van der Waals surface area (Å²) in [5.41, 5.74) is 5.88. The molecule has 2 bridgehead atoms. The first-order chi connectivity index (χ1) is 15.7. The lowest BCUT2D eigenvalue weighted by Gasteiger charge is -2.27. The molecule has 4 N–H and O–H groups in total. The molecule has 1 saturated heterocycles. The molecule has 2 aliphatic rings. The first-order valence-corrected chi connectivity index (χ1v) is 10.4. The second-order valence-corrected chi connectivity index (χ2v) is 8.31. The third kappa shape index (κ3) is 4.35. The van der Waals surface area contributed by atoms with Crippen LogP contribution in [0.3, 0.4) is 0 Å². The van der Waals surface area contributed by atoms with E-state index in [0.29, 0.717) is 11.3 Å². The molecule has 0 saturated carbocycles. The molecule has 4 atom stereocenters. The van der Waals surface area contributed by atoms with Crippen molar-refractivity contribution in [1.82, 2.24) is 10.9 Å². The van der Waals surface area contributed by atoms with Gasteiger partial charge < -0.3 is 15.2 Å². The number of rotatable bonds is 5. The number of benzene rings is 2. The van der Waals surface area contributed by atoms with Gasteiger partial charge in [-0.1, -0.05) is 29.8 Å². The minimum atomic E-state index is -1.14. The van der Waals surface area contributed by atoms with Gasteiger partial charge in [-0.3, -0.25) is 30.0 Å². The van der Waals surface area contributed by atoms with Crippen LogP contribution in [-0.4, -0.2) is 40.5 Å². The minimum absolute atomic E-state index is 0.244. The van der Waals surface area contributed by atoms with Gasteiger partial charge in [0.2, 0.25) is 5.91 Å². The molecule has 0 unspecified atom stereocenters. The zero-order valence-electron chi connectivity index (χ0n) is 18.0. The molecule has 2 heterocycles. The standard InChI is InChI=1S/C24H23N3O6/c1-13-3-5-14(6-4-13)20(28)25-16-9-7-15(8-10-16)21(29)26-27-22(30)19-18(23(31)32)17-11-12-24(19,2)33-17/h3-12,17-19H,1-2H3,(H,25,28)(H,26,29)(H,27,30)(H,31,32)/t17-,18+,19-,24-/m1/s1. The fourth-order valence-electron chi connectivity index (χ4n) is 4.16. The normalized spacial score (nSPS) is 24.8. The number of hydrogen-bond donors (Lipinski definition) is 4. The molecule has 1 fully saturated rings. The van der Waals surface area contributed by atoms with Crippen molar-refractivity contribution >= 4 is 29.4 Å². The Morgan fingerprint density at radius 1 is 0.909 bits per heavy atom. The number of carboxylic acid groups (broad SMARTS) is 1. The van der Waals surface area contributed by atoms with Crippen LogP contribution in [0.2, 0.25) is 0 Å². The average molecular weight is 449 g/mol. The van der Waals surface area contributed by atoms with E-state index in [2.05, 4.69) is 16.2 Å². The van der Waals surface area contributed by atoms with Crippen LogP contribution in [0, 0.1) is 18.8 Å². The van der Waals surface area contributed by atoms with E-state index in [1.807, 2.05) is 19.1 Å². The number of aryl methyl sites for hydroxylation is 1. The van der Waals surface area contributed by atoms with Gasteiger partial charge in [-0.15, -0.1) is 0 Å². The Morgan fingerprint density at radius 3 is 2.15 bits per heavy atom. The number of amides is 3. The average Bonchev–Trinajstić information content (AvgIpc) is 3.32. The molecule has 9 heteroatoms. The lowest BCUT2D eigenvalue weighted by atomic mass is 9.76. The summed E-state index contributed by atoms with van der Waals surface area (Å²) < 4.78 is 5.64. The van der Waals surface area contributed by atoms with E-state index < -0.39 is 41.3 Å².